The van der Waals surface area contributed by atoms with Gasteiger partial charge in [-0.2, -0.15) is 0 Å². The van der Waals surface area contributed by atoms with Crippen molar-refractivity contribution >= 4 is 11.9 Å². The first kappa shape index (κ1) is 52.3. The number of carbonyl (C=O) groups is 2. The average molecular weight is 762 g/mol. The summed E-state index contributed by atoms with van der Waals surface area (Å²) in [5.41, 5.74) is 0. The van der Waals surface area contributed by atoms with Crippen LogP contribution in [0.2, 0.25) is 0 Å². The second-order valence-electron chi connectivity index (χ2n) is 16.1. The van der Waals surface area contributed by atoms with E-state index in [1.165, 1.54) is 154 Å². The molecule has 0 saturated heterocycles. The molecule has 0 rings (SSSR count). The summed E-state index contributed by atoms with van der Waals surface area (Å²) < 4.78 is 5.44. The standard InChI is InChI=1S/C48H91NO5/c1-3-5-7-9-11-13-14-15-19-22-26-30-34-38-42-48(53)54-43-39-35-31-27-23-20-17-16-18-21-25-29-33-37-41-47(52)49-45(44-50)46(51)40-36-32-28-24-12-10-8-6-4-2/h9,11,14-15,45-46,50-51H,3-8,10,12-13,16-44H2,1-2H3,(H,49,52)/b11-9-,15-14-. The SMILES string of the molecule is CCCC/C=C\C/C=C\CCCCCCCC(=O)OCCCCCCCCCCCCCCCCC(=O)NC(CO)C(O)CCCCCCCCCCC. The Morgan fingerprint density at radius 2 is 0.944 bits per heavy atom. The van der Waals surface area contributed by atoms with Crippen LogP contribution >= 0.6 is 0 Å². The number of amides is 1. The Hall–Kier alpha value is -1.66. The zero-order valence-electron chi connectivity index (χ0n) is 36.0. The number of nitrogens with one attached hydrogen (secondary N) is 1. The van der Waals surface area contributed by atoms with Crippen molar-refractivity contribution in [2.45, 2.75) is 257 Å². The van der Waals surface area contributed by atoms with Crippen molar-refractivity contribution in [1.82, 2.24) is 5.32 Å². The van der Waals surface area contributed by atoms with Gasteiger partial charge in [0.05, 0.1) is 25.4 Å². The lowest BCUT2D eigenvalue weighted by Crippen LogP contribution is -2.45. The molecule has 0 aliphatic carbocycles. The van der Waals surface area contributed by atoms with Gasteiger partial charge >= 0.3 is 5.97 Å². The Kier molecular flexibility index (Phi) is 42.7. The van der Waals surface area contributed by atoms with Crippen molar-refractivity contribution in [2.24, 2.45) is 0 Å². The van der Waals surface area contributed by atoms with Gasteiger partial charge in [-0.15, -0.1) is 0 Å². The second kappa shape index (κ2) is 44.1. The van der Waals surface area contributed by atoms with Gasteiger partial charge in [0, 0.05) is 12.8 Å². The van der Waals surface area contributed by atoms with E-state index in [1.807, 2.05) is 0 Å². The molecular formula is C48H91NO5. The van der Waals surface area contributed by atoms with E-state index in [1.54, 1.807) is 0 Å². The molecule has 0 fully saturated rings. The molecule has 0 spiro atoms. The fourth-order valence-electron chi connectivity index (χ4n) is 7.07. The molecule has 318 valence electrons. The maximum atomic E-state index is 12.4. The van der Waals surface area contributed by atoms with E-state index in [9.17, 15) is 19.8 Å². The molecule has 0 aromatic rings. The molecule has 6 nitrogen and oxygen atoms in total. The molecule has 0 bridgehead atoms. The summed E-state index contributed by atoms with van der Waals surface area (Å²) in [5.74, 6) is -0.0670. The fourth-order valence-corrected chi connectivity index (χ4v) is 7.07. The van der Waals surface area contributed by atoms with Crippen LogP contribution < -0.4 is 5.32 Å². The molecule has 0 saturated carbocycles. The average Bonchev–Trinajstić information content (AvgIpc) is 3.17. The molecule has 0 radical (unpaired) electrons. The van der Waals surface area contributed by atoms with Gasteiger partial charge in [0.15, 0.2) is 0 Å². The molecule has 0 aliphatic heterocycles. The highest BCUT2D eigenvalue weighted by atomic mass is 16.5. The monoisotopic (exact) mass is 762 g/mol. The van der Waals surface area contributed by atoms with Crippen LogP contribution in [-0.4, -0.2) is 47.4 Å². The van der Waals surface area contributed by atoms with Crippen LogP contribution in [0.15, 0.2) is 24.3 Å². The summed E-state index contributed by atoms with van der Waals surface area (Å²) in [5, 5.41) is 23.0. The Balaban J connectivity index is 3.43. The zero-order chi connectivity index (χ0) is 39.4. The van der Waals surface area contributed by atoms with Gasteiger partial charge in [0.25, 0.3) is 0 Å². The first-order valence-corrected chi connectivity index (χ1v) is 23.6. The summed E-state index contributed by atoms with van der Waals surface area (Å²) in [7, 11) is 0. The summed E-state index contributed by atoms with van der Waals surface area (Å²) in [4.78, 5) is 24.4. The van der Waals surface area contributed by atoms with Crippen molar-refractivity contribution in [3.05, 3.63) is 24.3 Å². The highest BCUT2D eigenvalue weighted by molar-refractivity contribution is 5.76. The van der Waals surface area contributed by atoms with Crippen molar-refractivity contribution < 1.29 is 24.5 Å². The third-order valence-electron chi connectivity index (χ3n) is 10.8. The summed E-state index contributed by atoms with van der Waals surface area (Å²) >= 11 is 0. The molecular weight excluding hydrogens is 671 g/mol. The lowest BCUT2D eigenvalue weighted by atomic mass is 10.0. The third-order valence-corrected chi connectivity index (χ3v) is 10.8. The summed E-state index contributed by atoms with van der Waals surface area (Å²) in [6.45, 7) is 4.85. The first-order valence-electron chi connectivity index (χ1n) is 23.6. The number of allylic oxidation sites excluding steroid dienone is 4. The number of ether oxygens (including phenoxy) is 1. The smallest absolute Gasteiger partial charge is 0.305 e. The molecule has 0 aromatic heterocycles. The van der Waals surface area contributed by atoms with Crippen LogP contribution in [0.25, 0.3) is 0 Å². The quantitative estimate of drug-likeness (QED) is 0.0327. The van der Waals surface area contributed by atoms with E-state index in [4.69, 9.17) is 4.74 Å². The Morgan fingerprint density at radius 3 is 1.46 bits per heavy atom. The number of esters is 1. The minimum atomic E-state index is -0.669. The maximum absolute atomic E-state index is 12.4. The molecule has 6 heteroatoms. The van der Waals surface area contributed by atoms with Gasteiger partial charge in [0.1, 0.15) is 0 Å². The van der Waals surface area contributed by atoms with E-state index >= 15 is 0 Å². The first-order chi connectivity index (χ1) is 26.5. The lowest BCUT2D eigenvalue weighted by molar-refractivity contribution is -0.143. The van der Waals surface area contributed by atoms with Gasteiger partial charge in [-0.3, -0.25) is 9.59 Å². The number of unbranched alkanes of at least 4 members (excludes halogenated alkanes) is 28. The van der Waals surface area contributed by atoms with Crippen LogP contribution in [-0.2, 0) is 14.3 Å². The highest BCUT2D eigenvalue weighted by Crippen LogP contribution is 2.15. The van der Waals surface area contributed by atoms with Gasteiger partial charge in [-0.25, -0.2) is 0 Å². The number of carbonyl (C=O) groups excluding carboxylic acids is 2. The largest absolute Gasteiger partial charge is 0.466 e. The molecule has 0 aliphatic rings. The van der Waals surface area contributed by atoms with Crippen LogP contribution in [0.3, 0.4) is 0 Å². The van der Waals surface area contributed by atoms with Crippen LogP contribution in [0.5, 0.6) is 0 Å². The van der Waals surface area contributed by atoms with E-state index in [-0.39, 0.29) is 18.5 Å². The number of rotatable bonds is 43. The van der Waals surface area contributed by atoms with Gasteiger partial charge in [-0.1, -0.05) is 205 Å². The zero-order valence-corrected chi connectivity index (χ0v) is 36.0. The number of hydrogen-bond acceptors (Lipinski definition) is 5. The summed E-state index contributed by atoms with van der Waals surface area (Å²) in [6.07, 6.45) is 49.9. The number of aliphatic hydroxyl groups excluding tert-OH is 2. The van der Waals surface area contributed by atoms with Crippen molar-refractivity contribution in [3.63, 3.8) is 0 Å². The van der Waals surface area contributed by atoms with Crippen molar-refractivity contribution in [1.29, 1.82) is 0 Å². The topological polar surface area (TPSA) is 95.9 Å². The van der Waals surface area contributed by atoms with Crippen LogP contribution in [0.4, 0.5) is 0 Å². The fraction of sp³-hybridized carbons (Fsp3) is 0.875. The summed E-state index contributed by atoms with van der Waals surface area (Å²) in [6, 6.07) is -0.547. The van der Waals surface area contributed by atoms with Crippen molar-refractivity contribution in [3.8, 4) is 0 Å². The molecule has 2 unspecified atom stereocenters. The third kappa shape index (κ3) is 40.0. The molecule has 1 amide bonds. The number of aliphatic hydroxyl groups is 2. The predicted molar refractivity (Wildman–Crippen MR) is 232 cm³/mol. The van der Waals surface area contributed by atoms with Crippen molar-refractivity contribution in [2.75, 3.05) is 13.2 Å². The van der Waals surface area contributed by atoms with Gasteiger partial charge < -0.3 is 20.3 Å². The molecule has 3 N–H and O–H groups in total. The van der Waals surface area contributed by atoms with Crippen LogP contribution in [0, 0.1) is 0 Å². The normalized spacial score (nSPS) is 12.9. The highest BCUT2D eigenvalue weighted by Gasteiger charge is 2.20. The predicted octanol–water partition coefficient (Wildman–Crippen LogP) is 13.6. The Labute approximate surface area is 335 Å². The van der Waals surface area contributed by atoms with E-state index in [2.05, 4.69) is 43.5 Å². The molecule has 54 heavy (non-hydrogen) atoms. The van der Waals surface area contributed by atoms with E-state index < -0.39 is 12.1 Å². The Morgan fingerprint density at radius 1 is 0.519 bits per heavy atom. The number of hydrogen-bond donors (Lipinski definition) is 3. The second-order valence-corrected chi connectivity index (χ2v) is 16.1. The van der Waals surface area contributed by atoms with E-state index in [0.717, 1.165) is 57.8 Å². The van der Waals surface area contributed by atoms with E-state index in [0.29, 0.717) is 25.9 Å². The lowest BCUT2D eigenvalue weighted by Gasteiger charge is -2.22. The molecule has 0 aromatic carbocycles. The van der Waals surface area contributed by atoms with Crippen LogP contribution in [0.1, 0.15) is 245 Å². The van der Waals surface area contributed by atoms with Gasteiger partial charge in [-0.05, 0) is 51.4 Å². The minimum Gasteiger partial charge on any atom is -0.466 e. The minimum absolute atomic E-state index is 0.0176. The Bertz CT molecular complexity index is 843. The maximum Gasteiger partial charge on any atom is 0.305 e. The molecule has 2 atom stereocenters. The molecule has 0 heterocycles. The van der Waals surface area contributed by atoms with Gasteiger partial charge in [0.2, 0.25) is 5.91 Å².